The maximum atomic E-state index is 12.8. The van der Waals surface area contributed by atoms with E-state index in [9.17, 15) is 38.7 Å². The lowest BCUT2D eigenvalue weighted by Gasteiger charge is -2.27. The van der Waals surface area contributed by atoms with Gasteiger partial charge in [0.25, 0.3) is 0 Å². The van der Waals surface area contributed by atoms with Gasteiger partial charge < -0.3 is 42.1 Å². The van der Waals surface area contributed by atoms with Gasteiger partial charge in [0.2, 0.25) is 17.7 Å². The topological polar surface area (TPSA) is 263 Å². The van der Waals surface area contributed by atoms with Gasteiger partial charge in [-0.15, -0.1) is 0 Å². The van der Waals surface area contributed by atoms with Crippen molar-refractivity contribution >= 4 is 41.6 Å². The largest absolute Gasteiger partial charge is 0.481 e. The smallest absolute Gasteiger partial charge is 0.326 e. The molecule has 0 fully saturated rings. The Morgan fingerprint density at radius 1 is 0.735 bits per heavy atom. The Morgan fingerprint density at radius 3 is 1.71 bits per heavy atom. The minimum absolute atomic E-state index is 0.346. The Labute approximate surface area is 194 Å². The average molecular weight is 490 g/mol. The van der Waals surface area contributed by atoms with E-state index in [0.717, 1.165) is 0 Å². The van der Waals surface area contributed by atoms with Crippen LogP contribution >= 0.6 is 0 Å². The normalized spacial score (nSPS) is 15.0. The Kier molecular flexibility index (Phi) is 12.8. The summed E-state index contributed by atoms with van der Waals surface area (Å²) in [7, 11) is 0. The number of carbonyl (C=O) groups is 7. The molecule has 0 aromatic carbocycles. The molecule has 3 amide bonds. The van der Waals surface area contributed by atoms with Crippen LogP contribution in [0.15, 0.2) is 0 Å². The van der Waals surface area contributed by atoms with Crippen LogP contribution in [-0.2, 0) is 33.6 Å². The first-order valence-electron chi connectivity index (χ1n) is 10.2. The molecule has 0 radical (unpaired) electrons. The number of amides is 3. The number of rotatable bonds is 16. The van der Waals surface area contributed by atoms with Gasteiger partial charge in [-0.3, -0.25) is 28.8 Å². The first-order valence-corrected chi connectivity index (χ1v) is 10.2. The maximum Gasteiger partial charge on any atom is 0.326 e. The zero-order chi connectivity index (χ0) is 26.6. The fourth-order valence-electron chi connectivity index (χ4n) is 2.69. The third kappa shape index (κ3) is 11.2. The summed E-state index contributed by atoms with van der Waals surface area (Å²) in [6.45, 7) is 3.24. The van der Waals surface area contributed by atoms with E-state index < -0.39 is 97.4 Å². The van der Waals surface area contributed by atoms with E-state index in [1.807, 2.05) is 5.32 Å². The Morgan fingerprint density at radius 2 is 1.26 bits per heavy atom. The molecule has 5 unspecified atom stereocenters. The van der Waals surface area contributed by atoms with Crippen LogP contribution in [0.3, 0.4) is 0 Å². The predicted octanol–water partition coefficient (Wildman–Crippen LogP) is -2.29. The van der Waals surface area contributed by atoms with E-state index in [-0.39, 0.29) is 0 Å². The molecule has 0 rings (SSSR count). The Balaban J connectivity index is 5.59. The van der Waals surface area contributed by atoms with Gasteiger partial charge >= 0.3 is 23.9 Å². The number of nitrogens with two attached hydrogens (primary N) is 1. The Bertz CT molecular complexity index is 801. The molecule has 0 aliphatic carbocycles. The molecule has 0 spiro atoms. The third-order valence-electron chi connectivity index (χ3n) is 4.80. The van der Waals surface area contributed by atoms with Crippen LogP contribution < -0.4 is 21.7 Å². The second-order valence-electron chi connectivity index (χ2n) is 7.57. The summed E-state index contributed by atoms with van der Waals surface area (Å²) >= 11 is 0. The lowest BCUT2D eigenvalue weighted by atomic mass is 9.97. The molecule has 192 valence electrons. The second kappa shape index (κ2) is 14.4. The van der Waals surface area contributed by atoms with E-state index in [0.29, 0.717) is 6.42 Å². The van der Waals surface area contributed by atoms with Gasteiger partial charge in [-0.1, -0.05) is 20.3 Å². The van der Waals surface area contributed by atoms with Gasteiger partial charge in [0.15, 0.2) is 0 Å². The molecule has 15 nitrogen and oxygen atoms in total. The van der Waals surface area contributed by atoms with Crippen LogP contribution in [-0.4, -0.2) is 86.2 Å². The van der Waals surface area contributed by atoms with E-state index in [4.69, 9.17) is 21.1 Å². The van der Waals surface area contributed by atoms with Gasteiger partial charge in [0.1, 0.15) is 18.1 Å². The maximum absolute atomic E-state index is 12.8. The van der Waals surface area contributed by atoms with Gasteiger partial charge in [-0.2, -0.15) is 0 Å². The number of hydrogen-bond donors (Lipinski definition) is 8. The number of aliphatic carboxylic acids is 4. The standard InChI is InChI=1S/C19H30N4O11/c1-3-8(2)15(23-16(30)9(20)6-13(26)27)18(32)22-11(7-14(28)29)17(31)21-10(19(33)34)4-5-12(24)25/h8-11,15H,3-7,20H2,1-2H3,(H,21,31)(H,22,32)(H,23,30)(H,24,25)(H,26,27)(H,28,29)(H,33,34). The van der Waals surface area contributed by atoms with Crippen LogP contribution in [0.4, 0.5) is 0 Å². The lowest BCUT2D eigenvalue weighted by molar-refractivity contribution is -0.144. The molecule has 34 heavy (non-hydrogen) atoms. The number of nitrogens with one attached hydrogen (secondary N) is 3. The highest BCUT2D eigenvalue weighted by molar-refractivity contribution is 5.96. The molecule has 0 bridgehead atoms. The zero-order valence-electron chi connectivity index (χ0n) is 18.6. The van der Waals surface area contributed by atoms with Crippen LogP contribution in [0.2, 0.25) is 0 Å². The van der Waals surface area contributed by atoms with E-state index in [2.05, 4.69) is 10.6 Å². The van der Waals surface area contributed by atoms with Crippen molar-refractivity contribution in [3.05, 3.63) is 0 Å². The molecule has 5 atom stereocenters. The first kappa shape index (κ1) is 30.2. The summed E-state index contributed by atoms with van der Waals surface area (Å²) in [6, 6.07) is -6.20. The molecule has 0 aliphatic rings. The summed E-state index contributed by atoms with van der Waals surface area (Å²) in [6.07, 6.45) is -2.39. The molecule has 0 aromatic rings. The van der Waals surface area contributed by atoms with Crippen molar-refractivity contribution in [2.24, 2.45) is 11.7 Å². The van der Waals surface area contributed by atoms with E-state index >= 15 is 0 Å². The second-order valence-corrected chi connectivity index (χ2v) is 7.57. The molecule has 0 heterocycles. The minimum atomic E-state index is -1.76. The monoisotopic (exact) mass is 490 g/mol. The lowest BCUT2D eigenvalue weighted by Crippen LogP contribution is -2.59. The molecule has 0 aromatic heterocycles. The summed E-state index contributed by atoms with van der Waals surface area (Å²) in [5.41, 5.74) is 5.49. The van der Waals surface area contributed by atoms with Gasteiger partial charge in [0.05, 0.1) is 18.9 Å². The minimum Gasteiger partial charge on any atom is -0.481 e. The molecular weight excluding hydrogens is 460 g/mol. The highest BCUT2D eigenvalue weighted by atomic mass is 16.4. The quantitative estimate of drug-likeness (QED) is 0.114. The highest BCUT2D eigenvalue weighted by Crippen LogP contribution is 2.10. The summed E-state index contributed by atoms with van der Waals surface area (Å²) in [5.74, 6) is -9.41. The molecular formula is C19H30N4O11. The van der Waals surface area contributed by atoms with Crippen LogP contribution in [0.1, 0.15) is 46.0 Å². The van der Waals surface area contributed by atoms with Crippen LogP contribution in [0, 0.1) is 5.92 Å². The molecule has 0 aliphatic heterocycles. The average Bonchev–Trinajstić information content (AvgIpc) is 2.72. The van der Waals surface area contributed by atoms with E-state index in [1.165, 1.54) is 0 Å². The van der Waals surface area contributed by atoms with Crippen molar-refractivity contribution in [1.29, 1.82) is 0 Å². The van der Waals surface area contributed by atoms with Crippen molar-refractivity contribution in [1.82, 2.24) is 16.0 Å². The number of carboxylic acids is 4. The number of carboxylic acid groups (broad SMARTS) is 4. The molecule has 0 saturated heterocycles. The fraction of sp³-hybridized carbons (Fsp3) is 0.632. The van der Waals surface area contributed by atoms with E-state index in [1.54, 1.807) is 13.8 Å². The number of carbonyl (C=O) groups excluding carboxylic acids is 3. The SMILES string of the molecule is CCC(C)C(NC(=O)C(N)CC(=O)O)C(=O)NC(CC(=O)O)C(=O)NC(CCC(=O)O)C(=O)O. The van der Waals surface area contributed by atoms with Crippen LogP contribution in [0.5, 0.6) is 0 Å². The van der Waals surface area contributed by atoms with Gasteiger partial charge in [-0.05, 0) is 12.3 Å². The molecule has 9 N–H and O–H groups in total. The van der Waals surface area contributed by atoms with Crippen LogP contribution in [0.25, 0.3) is 0 Å². The summed E-state index contributed by atoms with van der Waals surface area (Å²) in [4.78, 5) is 81.4. The van der Waals surface area contributed by atoms with Gasteiger partial charge in [-0.25, -0.2) is 4.79 Å². The van der Waals surface area contributed by atoms with Crippen molar-refractivity contribution < 1.29 is 54.0 Å². The summed E-state index contributed by atoms with van der Waals surface area (Å²) in [5, 5.41) is 42.2. The van der Waals surface area contributed by atoms with Gasteiger partial charge in [0, 0.05) is 6.42 Å². The van der Waals surface area contributed by atoms with Crippen molar-refractivity contribution in [3.63, 3.8) is 0 Å². The predicted molar refractivity (Wildman–Crippen MR) is 112 cm³/mol. The van der Waals surface area contributed by atoms with Crippen molar-refractivity contribution in [2.75, 3.05) is 0 Å². The van der Waals surface area contributed by atoms with Crippen molar-refractivity contribution in [2.45, 2.75) is 70.1 Å². The zero-order valence-corrected chi connectivity index (χ0v) is 18.6. The third-order valence-corrected chi connectivity index (χ3v) is 4.80. The fourth-order valence-corrected chi connectivity index (χ4v) is 2.69. The van der Waals surface area contributed by atoms with Crippen molar-refractivity contribution in [3.8, 4) is 0 Å². The Hall–Kier alpha value is -3.75. The first-order chi connectivity index (χ1) is 15.7. The molecule has 15 heteroatoms. The molecule has 0 saturated carbocycles. The summed E-state index contributed by atoms with van der Waals surface area (Å²) < 4.78 is 0. The highest BCUT2D eigenvalue weighted by Gasteiger charge is 2.33. The number of hydrogen-bond acceptors (Lipinski definition) is 8.